The minimum absolute atomic E-state index is 0.309. The van der Waals surface area contributed by atoms with Gasteiger partial charge >= 0.3 is 0 Å². The van der Waals surface area contributed by atoms with Crippen LogP contribution in [0.5, 0.6) is 0 Å². The highest BCUT2D eigenvalue weighted by atomic mass is 32.2. The van der Waals surface area contributed by atoms with Crippen molar-refractivity contribution in [1.82, 2.24) is 9.21 Å². The lowest BCUT2D eigenvalue weighted by Gasteiger charge is -2.35. The smallest absolute Gasteiger partial charge is 0.243 e. The normalized spacial score (nSPS) is 15.6. The molecule has 1 aliphatic heterocycles. The summed E-state index contributed by atoms with van der Waals surface area (Å²) in [6.07, 6.45) is 0. The van der Waals surface area contributed by atoms with Gasteiger partial charge in [0.25, 0.3) is 0 Å². The summed E-state index contributed by atoms with van der Waals surface area (Å²) in [5.74, 6) is -0.309. The van der Waals surface area contributed by atoms with Crippen LogP contribution in [0, 0.1) is 19.7 Å². The fraction of sp³-hybridized carbons (Fsp3) is 0.316. The second-order valence-electron chi connectivity index (χ2n) is 6.60. The van der Waals surface area contributed by atoms with Gasteiger partial charge in [0.1, 0.15) is 5.82 Å². The summed E-state index contributed by atoms with van der Waals surface area (Å²) in [5.41, 5.74) is 2.49. The molecule has 144 valence electrons. The van der Waals surface area contributed by atoms with Crippen molar-refractivity contribution in [3.63, 3.8) is 0 Å². The van der Waals surface area contributed by atoms with Gasteiger partial charge in [-0.25, -0.2) is 12.8 Å². The molecule has 5 nitrogen and oxygen atoms in total. The van der Waals surface area contributed by atoms with Gasteiger partial charge in [0.05, 0.1) is 4.90 Å². The Morgan fingerprint density at radius 1 is 1.04 bits per heavy atom. The van der Waals surface area contributed by atoms with Crippen molar-refractivity contribution in [2.75, 3.05) is 31.5 Å². The fourth-order valence-corrected chi connectivity index (χ4v) is 5.02. The van der Waals surface area contributed by atoms with Gasteiger partial charge in [0.15, 0.2) is 5.11 Å². The number of sulfonamides is 1. The summed E-state index contributed by atoms with van der Waals surface area (Å²) in [4.78, 5) is 2.28. The number of halogens is 1. The van der Waals surface area contributed by atoms with E-state index in [1.807, 2.05) is 30.9 Å². The van der Waals surface area contributed by atoms with E-state index in [1.165, 1.54) is 16.4 Å². The zero-order valence-corrected chi connectivity index (χ0v) is 16.9. The molecule has 3 rings (SSSR count). The Kier molecular flexibility index (Phi) is 5.78. The van der Waals surface area contributed by atoms with Gasteiger partial charge in [-0.1, -0.05) is 17.7 Å². The van der Waals surface area contributed by atoms with E-state index in [1.54, 1.807) is 18.2 Å². The Bertz CT molecular complexity index is 938. The third kappa shape index (κ3) is 4.45. The van der Waals surface area contributed by atoms with E-state index in [0.29, 0.717) is 41.9 Å². The number of nitrogens with one attached hydrogen (secondary N) is 1. The van der Waals surface area contributed by atoms with Crippen LogP contribution in [0.15, 0.2) is 47.4 Å². The highest BCUT2D eigenvalue weighted by Crippen LogP contribution is 2.22. The van der Waals surface area contributed by atoms with Crippen LogP contribution in [0.1, 0.15) is 11.1 Å². The van der Waals surface area contributed by atoms with Crippen molar-refractivity contribution in [3.8, 4) is 0 Å². The first-order valence-corrected chi connectivity index (χ1v) is 10.5. The second-order valence-corrected chi connectivity index (χ2v) is 8.89. The number of rotatable bonds is 3. The first-order chi connectivity index (χ1) is 12.8. The van der Waals surface area contributed by atoms with E-state index in [9.17, 15) is 12.8 Å². The van der Waals surface area contributed by atoms with Crippen LogP contribution in [0.25, 0.3) is 0 Å². The van der Waals surface area contributed by atoms with Gasteiger partial charge in [0.2, 0.25) is 10.0 Å². The van der Waals surface area contributed by atoms with E-state index in [0.717, 1.165) is 11.1 Å². The number of benzene rings is 2. The van der Waals surface area contributed by atoms with Gasteiger partial charge in [-0.05, 0) is 62.0 Å². The van der Waals surface area contributed by atoms with Gasteiger partial charge in [-0.2, -0.15) is 4.31 Å². The van der Waals surface area contributed by atoms with Gasteiger partial charge in [0, 0.05) is 31.9 Å². The average Bonchev–Trinajstić information content (AvgIpc) is 2.63. The zero-order chi connectivity index (χ0) is 19.6. The molecule has 0 bridgehead atoms. The number of hydrogen-bond donors (Lipinski definition) is 1. The summed E-state index contributed by atoms with van der Waals surface area (Å²) in [7, 11) is -3.52. The molecule has 0 unspecified atom stereocenters. The third-order valence-electron chi connectivity index (χ3n) is 4.57. The molecule has 1 fully saturated rings. The predicted molar refractivity (Wildman–Crippen MR) is 109 cm³/mol. The lowest BCUT2D eigenvalue weighted by Crippen LogP contribution is -2.51. The monoisotopic (exact) mass is 407 g/mol. The van der Waals surface area contributed by atoms with Crippen molar-refractivity contribution < 1.29 is 12.8 Å². The Labute approximate surface area is 164 Å². The predicted octanol–water partition coefficient (Wildman–Crippen LogP) is 3.15. The van der Waals surface area contributed by atoms with Gasteiger partial charge in [-0.15, -0.1) is 0 Å². The molecule has 8 heteroatoms. The van der Waals surface area contributed by atoms with Gasteiger partial charge < -0.3 is 10.2 Å². The number of nitrogens with zero attached hydrogens (tertiary/aromatic N) is 2. The fourth-order valence-electron chi connectivity index (χ4n) is 3.10. The highest BCUT2D eigenvalue weighted by molar-refractivity contribution is 7.89. The van der Waals surface area contributed by atoms with E-state index in [2.05, 4.69) is 5.32 Å². The minimum atomic E-state index is -3.52. The maximum atomic E-state index is 13.0. The Hall–Kier alpha value is -2.03. The SMILES string of the molecule is Cc1ccc(S(=O)(=O)N2CCN(C(=S)Nc3ccc(F)cc3)CC2)c(C)c1. The van der Waals surface area contributed by atoms with Crippen molar-refractivity contribution in [3.05, 3.63) is 59.4 Å². The molecule has 0 saturated carbocycles. The van der Waals surface area contributed by atoms with Gasteiger partial charge in [-0.3, -0.25) is 0 Å². The number of thiocarbonyl (C=S) groups is 1. The largest absolute Gasteiger partial charge is 0.346 e. The second kappa shape index (κ2) is 7.92. The number of anilines is 1. The van der Waals surface area contributed by atoms with Crippen LogP contribution in [-0.2, 0) is 10.0 Å². The molecule has 2 aromatic rings. The molecule has 0 aromatic heterocycles. The van der Waals surface area contributed by atoms with Crippen LogP contribution < -0.4 is 5.32 Å². The van der Waals surface area contributed by atoms with Crippen LogP contribution >= 0.6 is 12.2 Å². The average molecular weight is 408 g/mol. The molecular formula is C19H22FN3O2S2. The quantitative estimate of drug-likeness (QED) is 0.793. The molecule has 1 aliphatic rings. The molecule has 0 aliphatic carbocycles. The minimum Gasteiger partial charge on any atom is -0.346 e. The lowest BCUT2D eigenvalue weighted by atomic mass is 10.2. The summed E-state index contributed by atoms with van der Waals surface area (Å²) < 4.78 is 40.4. The molecule has 1 heterocycles. The van der Waals surface area contributed by atoms with E-state index >= 15 is 0 Å². The van der Waals surface area contributed by atoms with Crippen LogP contribution in [0.2, 0.25) is 0 Å². The van der Waals surface area contributed by atoms with E-state index < -0.39 is 10.0 Å². The van der Waals surface area contributed by atoms with E-state index in [4.69, 9.17) is 12.2 Å². The first-order valence-electron chi connectivity index (χ1n) is 8.66. The molecule has 0 atom stereocenters. The zero-order valence-electron chi connectivity index (χ0n) is 15.3. The maximum absolute atomic E-state index is 13.0. The Morgan fingerprint density at radius 3 is 2.26 bits per heavy atom. The molecule has 2 aromatic carbocycles. The molecule has 0 radical (unpaired) electrons. The summed E-state index contributed by atoms with van der Waals surface area (Å²) in [6, 6.07) is 11.3. The number of hydrogen-bond acceptors (Lipinski definition) is 3. The molecular weight excluding hydrogens is 385 g/mol. The molecule has 0 amide bonds. The first kappa shape index (κ1) is 19.7. The molecule has 27 heavy (non-hydrogen) atoms. The summed E-state index contributed by atoms with van der Waals surface area (Å²) in [5, 5.41) is 3.57. The van der Waals surface area contributed by atoms with Crippen molar-refractivity contribution >= 4 is 33.0 Å². The molecule has 1 saturated heterocycles. The summed E-state index contributed by atoms with van der Waals surface area (Å²) >= 11 is 5.40. The topological polar surface area (TPSA) is 52.7 Å². The van der Waals surface area contributed by atoms with Crippen LogP contribution in [0.3, 0.4) is 0 Å². The number of piperazine rings is 1. The van der Waals surface area contributed by atoms with Crippen molar-refractivity contribution in [2.24, 2.45) is 0 Å². The molecule has 0 spiro atoms. The Balaban J connectivity index is 1.64. The Morgan fingerprint density at radius 2 is 1.67 bits per heavy atom. The number of aryl methyl sites for hydroxylation is 2. The maximum Gasteiger partial charge on any atom is 0.243 e. The van der Waals surface area contributed by atoms with Crippen molar-refractivity contribution in [1.29, 1.82) is 0 Å². The molecule has 1 N–H and O–H groups in total. The van der Waals surface area contributed by atoms with Crippen LogP contribution in [-0.4, -0.2) is 48.9 Å². The standard InChI is InChI=1S/C19H22FN3O2S2/c1-14-3-8-18(15(2)13-14)27(24,25)23-11-9-22(10-12-23)19(26)21-17-6-4-16(20)5-7-17/h3-8,13H,9-12H2,1-2H3,(H,21,26). The van der Waals surface area contributed by atoms with E-state index in [-0.39, 0.29) is 5.82 Å². The summed E-state index contributed by atoms with van der Waals surface area (Å²) in [6.45, 7) is 5.48. The van der Waals surface area contributed by atoms with Crippen LogP contribution in [0.4, 0.5) is 10.1 Å². The van der Waals surface area contributed by atoms with Crippen molar-refractivity contribution in [2.45, 2.75) is 18.7 Å². The lowest BCUT2D eigenvalue weighted by molar-refractivity contribution is 0.268. The third-order valence-corrected chi connectivity index (χ3v) is 6.99. The highest BCUT2D eigenvalue weighted by Gasteiger charge is 2.30.